The minimum atomic E-state index is -0.731. The van der Waals surface area contributed by atoms with Gasteiger partial charge in [0.1, 0.15) is 0 Å². The van der Waals surface area contributed by atoms with E-state index in [1.807, 2.05) is 19.9 Å². The molecular weight excluding hydrogens is 374 g/mol. The summed E-state index contributed by atoms with van der Waals surface area (Å²) in [6.07, 6.45) is -0.731. The van der Waals surface area contributed by atoms with Crippen LogP contribution in [0.1, 0.15) is 34.1 Å². The number of esters is 1. The highest BCUT2D eigenvalue weighted by molar-refractivity contribution is 6.00. The van der Waals surface area contributed by atoms with Gasteiger partial charge in [-0.05, 0) is 44.9 Å². The van der Waals surface area contributed by atoms with Gasteiger partial charge in [-0.15, -0.1) is 0 Å². The Balaban J connectivity index is 1.98. The molecule has 1 N–H and O–H groups in total. The molecule has 158 valence electrons. The Morgan fingerprint density at radius 1 is 1.28 bits per heavy atom. The van der Waals surface area contributed by atoms with Crippen LogP contribution >= 0.6 is 0 Å². The number of carbonyl (C=O) groups is 1. The van der Waals surface area contributed by atoms with Crippen molar-refractivity contribution >= 4 is 16.7 Å². The fourth-order valence-electron chi connectivity index (χ4n) is 3.93. The van der Waals surface area contributed by atoms with Crippen molar-refractivity contribution in [2.24, 2.45) is 0 Å². The van der Waals surface area contributed by atoms with Gasteiger partial charge in [0, 0.05) is 25.0 Å². The van der Waals surface area contributed by atoms with Gasteiger partial charge in [0.2, 0.25) is 0 Å². The van der Waals surface area contributed by atoms with Gasteiger partial charge in [-0.2, -0.15) is 5.10 Å². The summed E-state index contributed by atoms with van der Waals surface area (Å²) in [5.41, 5.74) is 2.13. The van der Waals surface area contributed by atoms with E-state index in [9.17, 15) is 14.7 Å². The van der Waals surface area contributed by atoms with Gasteiger partial charge in [0.05, 0.1) is 49.1 Å². The quantitative estimate of drug-likeness (QED) is 0.724. The highest BCUT2D eigenvalue weighted by Crippen LogP contribution is 2.25. The van der Waals surface area contributed by atoms with Crippen molar-refractivity contribution in [2.75, 3.05) is 39.5 Å². The Morgan fingerprint density at radius 3 is 2.62 bits per heavy atom. The lowest BCUT2D eigenvalue weighted by molar-refractivity contribution is 0.0105. The van der Waals surface area contributed by atoms with Crippen LogP contribution in [0.4, 0.5) is 0 Å². The lowest BCUT2D eigenvalue weighted by Crippen LogP contribution is -2.43. The minimum Gasteiger partial charge on any atom is -0.462 e. The zero-order valence-electron chi connectivity index (χ0n) is 17.5. The van der Waals surface area contributed by atoms with Gasteiger partial charge in [0.25, 0.3) is 5.56 Å². The summed E-state index contributed by atoms with van der Waals surface area (Å²) in [5, 5.41) is 16.1. The van der Waals surface area contributed by atoms with Gasteiger partial charge in [0.15, 0.2) is 0 Å². The highest BCUT2D eigenvalue weighted by Gasteiger charge is 2.22. The fraction of sp³-hybridized carbons (Fsp3) is 0.571. The number of aliphatic hydroxyl groups excluding tert-OH is 1. The molecule has 1 saturated heterocycles. The number of aryl methyl sites for hydroxylation is 3. The number of carbonyl (C=O) groups excluding carboxylic acids is 1. The molecule has 0 saturated carbocycles. The Kier molecular flexibility index (Phi) is 6.66. The van der Waals surface area contributed by atoms with Crippen molar-refractivity contribution in [3.8, 4) is 0 Å². The average Bonchev–Trinajstić information content (AvgIpc) is 2.66. The summed E-state index contributed by atoms with van der Waals surface area (Å²) in [6.45, 7) is 10.8. The van der Waals surface area contributed by atoms with E-state index in [0.29, 0.717) is 42.0 Å². The van der Waals surface area contributed by atoms with Crippen molar-refractivity contribution in [3.63, 3.8) is 0 Å². The summed E-state index contributed by atoms with van der Waals surface area (Å²) < 4.78 is 11.8. The second-order valence-electron chi connectivity index (χ2n) is 7.48. The summed E-state index contributed by atoms with van der Waals surface area (Å²) in [4.78, 5) is 27.7. The number of benzene rings is 1. The number of β-amino-alcohol motifs (C(OH)–C–C–N with tert-alkyl or cyclic N) is 1. The van der Waals surface area contributed by atoms with E-state index < -0.39 is 12.1 Å². The fourth-order valence-corrected chi connectivity index (χ4v) is 3.93. The monoisotopic (exact) mass is 403 g/mol. The van der Waals surface area contributed by atoms with E-state index in [1.54, 1.807) is 13.8 Å². The van der Waals surface area contributed by atoms with Gasteiger partial charge < -0.3 is 14.6 Å². The molecular formula is C21H29N3O5. The molecule has 1 aromatic carbocycles. The van der Waals surface area contributed by atoms with Crippen molar-refractivity contribution in [1.29, 1.82) is 0 Å². The third-order valence-electron chi connectivity index (χ3n) is 5.32. The summed E-state index contributed by atoms with van der Waals surface area (Å²) in [6, 6.07) is 1.81. The summed E-state index contributed by atoms with van der Waals surface area (Å²) in [5.74, 6) is -0.433. The number of ether oxygens (including phenoxy) is 2. The second kappa shape index (κ2) is 9.02. The molecule has 0 bridgehead atoms. The maximum atomic E-state index is 13.2. The standard InChI is InChI=1S/C21H29N3O5/c1-5-29-21(27)18-13(2)10-17-15(4)22-24(20(26)19(17)14(18)3)12-16(25)11-23-6-8-28-9-7-23/h10,16,25H,5-9,11-12H2,1-4H3. The molecule has 2 heterocycles. The number of fused-ring (bicyclic) bond motifs is 1. The van der Waals surface area contributed by atoms with Gasteiger partial charge in [-0.1, -0.05) is 0 Å². The average molecular weight is 403 g/mol. The van der Waals surface area contributed by atoms with Crippen LogP contribution in [0.15, 0.2) is 10.9 Å². The Bertz CT molecular complexity index is 963. The number of rotatable bonds is 6. The van der Waals surface area contributed by atoms with E-state index in [-0.39, 0.29) is 18.7 Å². The van der Waals surface area contributed by atoms with Gasteiger partial charge in [-0.3, -0.25) is 9.69 Å². The van der Waals surface area contributed by atoms with Crippen LogP contribution < -0.4 is 5.56 Å². The lowest BCUT2D eigenvalue weighted by atomic mass is 9.96. The third kappa shape index (κ3) is 4.49. The molecule has 8 heteroatoms. The first-order chi connectivity index (χ1) is 13.8. The minimum absolute atomic E-state index is 0.0923. The summed E-state index contributed by atoms with van der Waals surface area (Å²) in [7, 11) is 0. The number of aliphatic hydroxyl groups is 1. The molecule has 0 amide bonds. The van der Waals surface area contributed by atoms with Crippen LogP contribution in [0, 0.1) is 20.8 Å². The number of morpholine rings is 1. The molecule has 29 heavy (non-hydrogen) atoms. The first-order valence-corrected chi connectivity index (χ1v) is 10.00. The van der Waals surface area contributed by atoms with Crippen LogP contribution in [0.5, 0.6) is 0 Å². The predicted octanol–water partition coefficient (Wildman–Crippen LogP) is 1.19. The highest BCUT2D eigenvalue weighted by atomic mass is 16.5. The first-order valence-electron chi connectivity index (χ1n) is 10.00. The zero-order chi connectivity index (χ0) is 21.1. The topological polar surface area (TPSA) is 93.9 Å². The van der Waals surface area contributed by atoms with E-state index in [4.69, 9.17) is 9.47 Å². The Hall–Kier alpha value is -2.29. The molecule has 2 aromatic rings. The number of hydrogen-bond acceptors (Lipinski definition) is 7. The number of hydrogen-bond donors (Lipinski definition) is 1. The van der Waals surface area contributed by atoms with Crippen LogP contribution in [0.2, 0.25) is 0 Å². The molecule has 8 nitrogen and oxygen atoms in total. The molecule has 1 fully saturated rings. The molecule has 1 aliphatic heterocycles. The lowest BCUT2D eigenvalue weighted by Gasteiger charge is -2.28. The van der Waals surface area contributed by atoms with Gasteiger partial charge >= 0.3 is 5.97 Å². The summed E-state index contributed by atoms with van der Waals surface area (Å²) >= 11 is 0. The van der Waals surface area contributed by atoms with E-state index >= 15 is 0 Å². The number of aromatic nitrogens is 2. The van der Waals surface area contributed by atoms with Crippen molar-refractivity contribution in [2.45, 2.75) is 40.3 Å². The maximum Gasteiger partial charge on any atom is 0.338 e. The van der Waals surface area contributed by atoms with Gasteiger partial charge in [-0.25, -0.2) is 9.48 Å². The SMILES string of the molecule is CCOC(=O)c1c(C)cc2c(C)nn(CC(O)CN3CCOCC3)c(=O)c2c1C. The Labute approximate surface area is 170 Å². The Morgan fingerprint density at radius 2 is 1.97 bits per heavy atom. The maximum absolute atomic E-state index is 13.2. The largest absolute Gasteiger partial charge is 0.462 e. The van der Waals surface area contributed by atoms with Crippen molar-refractivity contribution in [3.05, 3.63) is 38.8 Å². The van der Waals surface area contributed by atoms with Crippen molar-refractivity contribution in [1.82, 2.24) is 14.7 Å². The normalized spacial score (nSPS) is 16.2. The molecule has 3 rings (SSSR count). The van der Waals surface area contributed by atoms with Crippen LogP contribution in [-0.2, 0) is 16.0 Å². The molecule has 1 aliphatic rings. The van der Waals surface area contributed by atoms with E-state index in [0.717, 1.165) is 24.0 Å². The molecule has 0 radical (unpaired) electrons. The third-order valence-corrected chi connectivity index (χ3v) is 5.32. The van der Waals surface area contributed by atoms with Crippen LogP contribution in [0.25, 0.3) is 10.8 Å². The second-order valence-corrected chi connectivity index (χ2v) is 7.48. The molecule has 1 aromatic heterocycles. The first kappa shape index (κ1) is 21.4. The molecule has 1 unspecified atom stereocenters. The van der Waals surface area contributed by atoms with Crippen LogP contribution in [-0.4, -0.2) is 71.3 Å². The molecule has 0 spiro atoms. The smallest absolute Gasteiger partial charge is 0.338 e. The van der Waals surface area contributed by atoms with Crippen LogP contribution in [0.3, 0.4) is 0 Å². The van der Waals surface area contributed by atoms with E-state index in [1.165, 1.54) is 4.68 Å². The molecule has 0 aliphatic carbocycles. The van der Waals surface area contributed by atoms with Crippen molar-refractivity contribution < 1.29 is 19.4 Å². The molecule has 1 atom stereocenters. The number of nitrogens with zero attached hydrogens (tertiary/aromatic N) is 3. The van der Waals surface area contributed by atoms with E-state index in [2.05, 4.69) is 10.00 Å². The zero-order valence-corrected chi connectivity index (χ0v) is 17.5. The predicted molar refractivity (Wildman–Crippen MR) is 109 cm³/mol.